The second-order valence-electron chi connectivity index (χ2n) is 5.42. The maximum atomic E-state index is 5.41. The molecule has 1 aliphatic heterocycles. The minimum Gasteiger partial charge on any atom is -0.381 e. The Morgan fingerprint density at radius 1 is 1.33 bits per heavy atom. The maximum Gasteiger partial charge on any atom is 0.129 e. The minimum atomic E-state index is 0.327. The topological polar surface area (TPSA) is 47.0 Å². The van der Waals surface area contributed by atoms with Crippen molar-refractivity contribution in [3.63, 3.8) is 0 Å². The van der Waals surface area contributed by atoms with Gasteiger partial charge >= 0.3 is 0 Å². The Balaban J connectivity index is 1.90. The van der Waals surface area contributed by atoms with Crippen LogP contribution in [0.25, 0.3) is 0 Å². The molecular weight excluding hydrogens is 226 g/mol. The van der Waals surface area contributed by atoms with Gasteiger partial charge in [0.25, 0.3) is 0 Å². The average Bonchev–Trinajstić information content (AvgIpc) is 2.38. The fourth-order valence-electron chi connectivity index (χ4n) is 2.23. The second kappa shape index (κ2) is 6.14. The molecule has 100 valence electrons. The highest BCUT2D eigenvalue weighted by Gasteiger charge is 2.27. The highest BCUT2D eigenvalue weighted by Crippen LogP contribution is 2.29. The summed E-state index contributed by atoms with van der Waals surface area (Å²) in [5.74, 6) is 0.946. The third-order valence-electron chi connectivity index (χ3n) is 3.63. The molecule has 18 heavy (non-hydrogen) atoms. The van der Waals surface area contributed by atoms with E-state index < -0.39 is 0 Å². The monoisotopic (exact) mass is 249 g/mol. The van der Waals surface area contributed by atoms with Crippen LogP contribution in [0.4, 0.5) is 5.82 Å². The first kappa shape index (κ1) is 13.3. The Kier molecular flexibility index (Phi) is 4.53. The lowest BCUT2D eigenvalue weighted by Gasteiger charge is -2.33. The predicted octanol–water partition coefficient (Wildman–Crippen LogP) is 2.66. The fraction of sp³-hybridized carbons (Fsp3) is 0.714. The van der Waals surface area contributed by atoms with E-state index in [9.17, 15) is 0 Å². The van der Waals surface area contributed by atoms with Crippen LogP contribution in [0, 0.1) is 5.41 Å². The molecule has 0 spiro atoms. The molecule has 1 N–H and O–H groups in total. The van der Waals surface area contributed by atoms with Crippen molar-refractivity contribution >= 4 is 5.82 Å². The molecule has 1 aliphatic rings. The van der Waals surface area contributed by atoms with E-state index in [-0.39, 0.29) is 0 Å². The maximum absolute atomic E-state index is 5.41. The van der Waals surface area contributed by atoms with Gasteiger partial charge in [-0.3, -0.25) is 0 Å². The lowest BCUT2D eigenvalue weighted by molar-refractivity contribution is 0.0300. The van der Waals surface area contributed by atoms with Crippen LogP contribution in [-0.4, -0.2) is 29.7 Å². The zero-order chi connectivity index (χ0) is 12.8. The Hall–Kier alpha value is -1.16. The minimum absolute atomic E-state index is 0.327. The molecule has 1 saturated heterocycles. The zero-order valence-corrected chi connectivity index (χ0v) is 11.4. The Labute approximate surface area is 109 Å². The van der Waals surface area contributed by atoms with Gasteiger partial charge in [0.1, 0.15) is 12.1 Å². The first-order valence-electron chi connectivity index (χ1n) is 6.84. The molecule has 1 aromatic heterocycles. The van der Waals surface area contributed by atoms with E-state index in [1.165, 1.54) is 0 Å². The van der Waals surface area contributed by atoms with Gasteiger partial charge in [-0.2, -0.15) is 0 Å². The molecule has 1 fully saturated rings. The van der Waals surface area contributed by atoms with Crippen LogP contribution in [0.3, 0.4) is 0 Å². The molecule has 0 saturated carbocycles. The lowest BCUT2D eigenvalue weighted by atomic mass is 9.82. The fourth-order valence-corrected chi connectivity index (χ4v) is 2.23. The zero-order valence-electron chi connectivity index (χ0n) is 11.4. The third-order valence-corrected chi connectivity index (χ3v) is 3.63. The Morgan fingerprint density at radius 2 is 2.11 bits per heavy atom. The molecule has 0 unspecified atom stereocenters. The quantitative estimate of drug-likeness (QED) is 0.871. The van der Waals surface area contributed by atoms with E-state index in [1.807, 2.05) is 0 Å². The van der Waals surface area contributed by atoms with Gasteiger partial charge in [0, 0.05) is 31.5 Å². The molecule has 0 bridgehead atoms. The Morgan fingerprint density at radius 3 is 2.83 bits per heavy atom. The standard InChI is InChI=1S/C14H23N3O/c1-3-4-12-9-13(17-11-16-12)15-10-14(2)5-7-18-8-6-14/h9,11H,3-8,10H2,1-2H3,(H,15,16,17). The van der Waals surface area contributed by atoms with Gasteiger partial charge in [-0.15, -0.1) is 0 Å². The number of ether oxygens (including phenoxy) is 1. The average molecular weight is 249 g/mol. The van der Waals surface area contributed by atoms with Crippen molar-refractivity contribution < 1.29 is 4.74 Å². The third kappa shape index (κ3) is 3.67. The van der Waals surface area contributed by atoms with Crippen molar-refractivity contribution in [1.82, 2.24) is 9.97 Å². The molecule has 2 rings (SSSR count). The first-order valence-corrected chi connectivity index (χ1v) is 6.84. The predicted molar refractivity (Wildman–Crippen MR) is 72.7 cm³/mol. The van der Waals surface area contributed by atoms with Gasteiger partial charge in [0.15, 0.2) is 0 Å². The number of rotatable bonds is 5. The summed E-state index contributed by atoms with van der Waals surface area (Å²) in [5, 5.41) is 3.45. The number of nitrogens with zero attached hydrogens (tertiary/aromatic N) is 2. The number of aryl methyl sites for hydroxylation is 1. The van der Waals surface area contributed by atoms with Crippen molar-refractivity contribution in [1.29, 1.82) is 0 Å². The first-order chi connectivity index (χ1) is 8.72. The number of anilines is 1. The van der Waals surface area contributed by atoms with Crippen LogP contribution < -0.4 is 5.32 Å². The smallest absolute Gasteiger partial charge is 0.129 e. The highest BCUT2D eigenvalue weighted by molar-refractivity contribution is 5.35. The molecule has 4 heteroatoms. The summed E-state index contributed by atoms with van der Waals surface area (Å²) in [7, 11) is 0. The largest absolute Gasteiger partial charge is 0.381 e. The van der Waals surface area contributed by atoms with Crippen molar-refractivity contribution in [2.45, 2.75) is 39.5 Å². The normalized spacial score (nSPS) is 18.6. The molecule has 4 nitrogen and oxygen atoms in total. The molecule has 2 heterocycles. The van der Waals surface area contributed by atoms with Crippen LogP contribution in [0.1, 0.15) is 38.8 Å². The van der Waals surface area contributed by atoms with Crippen molar-refractivity contribution in [3.8, 4) is 0 Å². The van der Waals surface area contributed by atoms with E-state index in [0.29, 0.717) is 5.41 Å². The van der Waals surface area contributed by atoms with Crippen LogP contribution in [0.2, 0.25) is 0 Å². The summed E-state index contributed by atoms with van der Waals surface area (Å²) < 4.78 is 5.41. The van der Waals surface area contributed by atoms with E-state index in [2.05, 4.69) is 35.2 Å². The summed E-state index contributed by atoms with van der Waals surface area (Å²) in [6, 6.07) is 2.06. The molecule has 0 atom stereocenters. The van der Waals surface area contributed by atoms with Crippen LogP contribution in [-0.2, 0) is 11.2 Å². The van der Waals surface area contributed by atoms with E-state index >= 15 is 0 Å². The second-order valence-corrected chi connectivity index (χ2v) is 5.42. The highest BCUT2D eigenvalue weighted by atomic mass is 16.5. The molecule has 0 aliphatic carbocycles. The lowest BCUT2D eigenvalue weighted by Crippen LogP contribution is -2.33. The van der Waals surface area contributed by atoms with E-state index in [1.54, 1.807) is 6.33 Å². The van der Waals surface area contributed by atoms with Gasteiger partial charge in [-0.25, -0.2) is 9.97 Å². The summed E-state index contributed by atoms with van der Waals surface area (Å²) in [6.07, 6.45) is 6.02. The van der Waals surface area contributed by atoms with Crippen LogP contribution in [0.15, 0.2) is 12.4 Å². The van der Waals surface area contributed by atoms with Gasteiger partial charge in [0.05, 0.1) is 0 Å². The summed E-state index contributed by atoms with van der Waals surface area (Å²) >= 11 is 0. The summed E-state index contributed by atoms with van der Waals surface area (Å²) in [5.41, 5.74) is 1.45. The summed E-state index contributed by atoms with van der Waals surface area (Å²) in [4.78, 5) is 8.55. The summed E-state index contributed by atoms with van der Waals surface area (Å²) in [6.45, 7) is 7.19. The van der Waals surface area contributed by atoms with Crippen molar-refractivity contribution in [2.24, 2.45) is 5.41 Å². The van der Waals surface area contributed by atoms with E-state index in [4.69, 9.17) is 4.74 Å². The van der Waals surface area contributed by atoms with Gasteiger partial charge in [-0.1, -0.05) is 20.3 Å². The Bertz CT molecular complexity index is 375. The molecule has 0 amide bonds. The number of nitrogens with one attached hydrogen (secondary N) is 1. The SMILES string of the molecule is CCCc1cc(NCC2(C)CCOCC2)ncn1. The van der Waals surface area contributed by atoms with Gasteiger partial charge in [0.2, 0.25) is 0 Å². The van der Waals surface area contributed by atoms with Crippen LogP contribution in [0.5, 0.6) is 0 Å². The number of hydrogen-bond acceptors (Lipinski definition) is 4. The number of aromatic nitrogens is 2. The van der Waals surface area contributed by atoms with Gasteiger partial charge in [-0.05, 0) is 24.7 Å². The van der Waals surface area contributed by atoms with Crippen molar-refractivity contribution in [3.05, 3.63) is 18.1 Å². The molecule has 0 aromatic carbocycles. The molecule has 1 aromatic rings. The molecule has 0 radical (unpaired) electrons. The van der Waals surface area contributed by atoms with E-state index in [0.717, 1.165) is 57.0 Å². The number of hydrogen-bond donors (Lipinski definition) is 1. The molecular formula is C14H23N3O. The van der Waals surface area contributed by atoms with Crippen molar-refractivity contribution in [2.75, 3.05) is 25.1 Å². The van der Waals surface area contributed by atoms with Gasteiger partial charge < -0.3 is 10.1 Å². The van der Waals surface area contributed by atoms with Crippen LogP contribution >= 0.6 is 0 Å².